The van der Waals surface area contributed by atoms with Crippen LogP contribution in [-0.4, -0.2) is 93.6 Å². The van der Waals surface area contributed by atoms with E-state index in [0.29, 0.717) is 11.3 Å². The molecule has 4 atom stereocenters. The molecule has 16 heteroatoms. The molecule has 0 unspecified atom stereocenters. The molecule has 3 amide bonds. The molecule has 0 bridgehead atoms. The molecule has 242 valence electrons. The van der Waals surface area contributed by atoms with Gasteiger partial charge in [0.2, 0.25) is 5.78 Å². The highest BCUT2D eigenvalue weighted by Crippen LogP contribution is 2.54. The number of Topliss-reactive ketones (excluding diaryl/α,β-unsaturated/α-hetero) is 2. The number of hydrogen-bond donors (Lipinski definition) is 7. The Bertz CT molecular complexity index is 1780. The number of nitro benzene ring substituents is 1. The number of aromatic hydroxyl groups is 1. The van der Waals surface area contributed by atoms with Crippen LogP contribution >= 0.6 is 0 Å². The third kappa shape index (κ3) is 4.78. The van der Waals surface area contributed by atoms with Crippen molar-refractivity contribution >= 4 is 52.0 Å². The highest BCUT2D eigenvalue weighted by molar-refractivity contribution is 6.24. The number of nitro groups is 1. The molecule has 0 aliphatic heterocycles. The number of nitrogens with two attached hydrogens (primary N) is 1. The van der Waals surface area contributed by atoms with E-state index in [1.807, 2.05) is 0 Å². The lowest BCUT2D eigenvalue weighted by Crippen LogP contribution is -2.65. The molecule has 1 saturated carbocycles. The average molecular weight is 637 g/mol. The maximum atomic E-state index is 14.1. The van der Waals surface area contributed by atoms with Gasteiger partial charge in [-0.3, -0.25) is 29.4 Å². The lowest BCUT2D eigenvalue weighted by atomic mass is 9.57. The Hall–Kier alpha value is -5.48. The first-order valence-electron chi connectivity index (χ1n) is 14.0. The number of ketones is 2. The number of likely N-dealkylation sites (N-methyl/N-ethyl adjacent to an activating group) is 1. The summed E-state index contributed by atoms with van der Waals surface area (Å²) in [6.07, 6.45) is -0.0120. The lowest BCUT2D eigenvalue weighted by Gasteiger charge is -2.50. The molecular weight excluding hydrogens is 604 g/mol. The third-order valence-corrected chi connectivity index (χ3v) is 8.76. The largest absolute Gasteiger partial charge is 0.508 e. The number of anilines is 3. The number of aliphatic hydroxyl groups excluding tert-OH is 2. The molecular formula is C30H32N6O10. The van der Waals surface area contributed by atoms with Gasteiger partial charge >= 0.3 is 6.03 Å². The highest BCUT2D eigenvalue weighted by atomic mass is 16.6. The van der Waals surface area contributed by atoms with E-state index in [1.165, 1.54) is 49.3 Å². The number of primary amides is 1. The second-order valence-corrected chi connectivity index (χ2v) is 11.9. The number of carbonyl (C=O) groups excluding carboxylic acids is 4. The fourth-order valence-corrected chi connectivity index (χ4v) is 6.74. The number of fused-ring (bicyclic) bond motifs is 3. The number of aliphatic hydroxyl groups is 3. The van der Waals surface area contributed by atoms with Crippen LogP contribution in [-0.2, 0) is 20.8 Å². The molecule has 0 heterocycles. The van der Waals surface area contributed by atoms with Crippen LogP contribution in [0.5, 0.6) is 5.75 Å². The van der Waals surface area contributed by atoms with Crippen LogP contribution in [0.3, 0.4) is 0 Å². The van der Waals surface area contributed by atoms with Gasteiger partial charge in [0.1, 0.15) is 17.1 Å². The van der Waals surface area contributed by atoms with Crippen LogP contribution in [0.15, 0.2) is 47.2 Å². The highest BCUT2D eigenvalue weighted by Gasteiger charge is 2.64. The number of hydrogen-bond acceptors (Lipinski definition) is 12. The molecule has 1 fully saturated rings. The smallest absolute Gasteiger partial charge is 0.323 e. The quantitative estimate of drug-likeness (QED) is 0.103. The minimum atomic E-state index is -2.79. The maximum absolute atomic E-state index is 14.1. The van der Waals surface area contributed by atoms with Crippen molar-refractivity contribution in [3.05, 3.63) is 68.5 Å². The van der Waals surface area contributed by atoms with Crippen LogP contribution in [0.25, 0.3) is 5.76 Å². The molecule has 16 nitrogen and oxygen atoms in total. The van der Waals surface area contributed by atoms with E-state index in [1.54, 1.807) is 19.0 Å². The summed E-state index contributed by atoms with van der Waals surface area (Å²) in [5.41, 5.74) is 1.86. The number of nitrogens with one attached hydrogen (secondary N) is 2. The van der Waals surface area contributed by atoms with E-state index in [9.17, 15) is 49.7 Å². The summed E-state index contributed by atoms with van der Waals surface area (Å²) in [5, 5.41) is 61.6. The Labute approximate surface area is 261 Å². The number of urea groups is 1. The van der Waals surface area contributed by atoms with Gasteiger partial charge in [-0.1, -0.05) is 0 Å². The molecule has 8 N–H and O–H groups in total. The SMILES string of the molecule is CN(C)c1cc(NC(=O)Nc2ccc([N+](=O)[O-])cc2)c(O)c2c1C[C@@H]1C[C@H]3[C@H](N(C)C)C(=O)C(C(N)=O)=C(O)[C@@]3(O)C(=O)C1=C2O. The molecule has 3 aliphatic carbocycles. The van der Waals surface area contributed by atoms with E-state index in [4.69, 9.17) is 5.73 Å². The van der Waals surface area contributed by atoms with Gasteiger partial charge in [-0.05, 0) is 56.6 Å². The summed E-state index contributed by atoms with van der Waals surface area (Å²) in [6, 6.07) is 4.43. The summed E-state index contributed by atoms with van der Waals surface area (Å²) in [4.78, 5) is 65.8. The fraction of sp³-hybridized carbons (Fsp3) is 0.333. The van der Waals surface area contributed by atoms with Gasteiger partial charge in [0.25, 0.3) is 11.6 Å². The zero-order chi connectivity index (χ0) is 34.0. The molecule has 0 radical (unpaired) electrons. The van der Waals surface area contributed by atoms with E-state index in [2.05, 4.69) is 10.6 Å². The van der Waals surface area contributed by atoms with Crippen LogP contribution in [0, 0.1) is 22.0 Å². The zero-order valence-corrected chi connectivity index (χ0v) is 25.2. The molecule has 2 aromatic rings. The average Bonchev–Trinajstić information content (AvgIpc) is 2.96. The second kappa shape index (κ2) is 11.1. The van der Waals surface area contributed by atoms with Crippen molar-refractivity contribution < 1.29 is 44.5 Å². The molecule has 2 aromatic carbocycles. The van der Waals surface area contributed by atoms with Crippen molar-refractivity contribution in [2.75, 3.05) is 43.7 Å². The lowest BCUT2D eigenvalue weighted by molar-refractivity contribution is -0.384. The zero-order valence-electron chi connectivity index (χ0n) is 25.2. The number of phenolic OH excluding ortho intramolecular Hbond substituents is 1. The molecule has 46 heavy (non-hydrogen) atoms. The van der Waals surface area contributed by atoms with Crippen molar-refractivity contribution in [2.45, 2.75) is 24.5 Å². The van der Waals surface area contributed by atoms with Crippen molar-refractivity contribution in [3.63, 3.8) is 0 Å². The van der Waals surface area contributed by atoms with Crippen LogP contribution in [0.4, 0.5) is 27.5 Å². The van der Waals surface area contributed by atoms with Crippen molar-refractivity contribution in [2.24, 2.45) is 17.6 Å². The summed E-state index contributed by atoms with van der Waals surface area (Å²) >= 11 is 0. The first kappa shape index (κ1) is 31.9. The fourth-order valence-electron chi connectivity index (χ4n) is 6.74. The van der Waals surface area contributed by atoms with Crippen LogP contribution < -0.4 is 21.3 Å². The van der Waals surface area contributed by atoms with Crippen LogP contribution in [0.2, 0.25) is 0 Å². The van der Waals surface area contributed by atoms with E-state index >= 15 is 0 Å². The van der Waals surface area contributed by atoms with Gasteiger partial charge in [0, 0.05) is 49.1 Å². The Morgan fingerprint density at radius 3 is 2.24 bits per heavy atom. The normalized spacial score (nSPS) is 23.8. The van der Waals surface area contributed by atoms with Gasteiger partial charge in [0.05, 0.1) is 22.2 Å². The first-order chi connectivity index (χ1) is 21.5. The van der Waals surface area contributed by atoms with Gasteiger partial charge < -0.3 is 41.7 Å². The minimum Gasteiger partial charge on any atom is -0.508 e. The number of non-ortho nitro benzene ring substituents is 1. The summed E-state index contributed by atoms with van der Waals surface area (Å²) in [5.74, 6) is -7.84. The van der Waals surface area contributed by atoms with Gasteiger partial charge in [-0.2, -0.15) is 0 Å². The molecule has 0 spiro atoms. The number of amides is 3. The van der Waals surface area contributed by atoms with Gasteiger partial charge in [0.15, 0.2) is 17.1 Å². The monoisotopic (exact) mass is 636 g/mol. The number of phenols is 1. The summed E-state index contributed by atoms with van der Waals surface area (Å²) in [7, 11) is 6.40. The Morgan fingerprint density at radius 1 is 1.07 bits per heavy atom. The standard InChI is InChI=1S/C30H32N6O10/c1-34(2)18-11-17(33-29(43)32-13-5-7-14(8-6-13)36(45)46)23(37)20-15(18)9-12-10-16-22(35(3)4)25(39)21(28(31)42)27(41)30(16,44)26(40)19(12)24(20)38/h5-8,11-12,16,22,37-38,41,44H,9-10H2,1-4H3,(H2,31,42)(H2,32,33,43)/t12-,16+,22+,30+/m1/s1. The molecule has 5 rings (SSSR count). The number of carbonyl (C=O) groups is 4. The predicted octanol–water partition coefficient (Wildman–Crippen LogP) is 1.58. The van der Waals surface area contributed by atoms with E-state index in [0.717, 1.165) is 0 Å². The van der Waals surface area contributed by atoms with Crippen molar-refractivity contribution in [1.29, 1.82) is 0 Å². The number of nitrogens with zero attached hydrogens (tertiary/aromatic N) is 3. The third-order valence-electron chi connectivity index (χ3n) is 8.76. The van der Waals surface area contributed by atoms with E-state index < -0.39 is 74.7 Å². The maximum Gasteiger partial charge on any atom is 0.323 e. The Morgan fingerprint density at radius 2 is 1.70 bits per heavy atom. The summed E-state index contributed by atoms with van der Waals surface area (Å²) in [6.45, 7) is 0. The van der Waals surface area contributed by atoms with Gasteiger partial charge in [-0.25, -0.2) is 4.79 Å². The predicted molar refractivity (Wildman–Crippen MR) is 164 cm³/mol. The Balaban J connectivity index is 1.60. The minimum absolute atomic E-state index is 0.0604. The van der Waals surface area contributed by atoms with E-state index in [-0.39, 0.29) is 41.0 Å². The first-order valence-corrected chi connectivity index (χ1v) is 14.0. The summed E-state index contributed by atoms with van der Waals surface area (Å²) < 4.78 is 0. The molecule has 3 aliphatic rings. The van der Waals surface area contributed by atoms with Crippen molar-refractivity contribution in [3.8, 4) is 5.75 Å². The van der Waals surface area contributed by atoms with Gasteiger partial charge in [-0.15, -0.1) is 0 Å². The topological polar surface area (TPSA) is 249 Å². The second-order valence-electron chi connectivity index (χ2n) is 11.9. The number of benzene rings is 2. The molecule has 0 saturated heterocycles. The van der Waals surface area contributed by atoms with Crippen LogP contribution in [0.1, 0.15) is 17.5 Å². The Kier molecular flexibility index (Phi) is 7.74. The molecule has 0 aromatic heterocycles. The number of rotatable bonds is 6. The van der Waals surface area contributed by atoms with Crippen molar-refractivity contribution in [1.82, 2.24) is 4.90 Å².